The zero-order chi connectivity index (χ0) is 29.5. The molecule has 0 saturated carbocycles. The van der Waals surface area contributed by atoms with Crippen molar-refractivity contribution in [3.05, 3.63) is 42.4 Å². The number of nitrogens with one attached hydrogen (secondary N) is 2. The predicted molar refractivity (Wildman–Crippen MR) is 159 cm³/mol. The minimum atomic E-state index is -3.55. The van der Waals surface area contributed by atoms with Gasteiger partial charge in [0.2, 0.25) is 10.0 Å². The number of rotatable bonds is 15. The van der Waals surface area contributed by atoms with Gasteiger partial charge in [-0.3, -0.25) is 14.5 Å². The van der Waals surface area contributed by atoms with Crippen LogP contribution in [0, 0.1) is 5.92 Å². The molecule has 0 saturated heterocycles. The molecule has 12 nitrogen and oxygen atoms in total. The Labute approximate surface area is 236 Å². The number of nitrogens with zero attached hydrogens (tertiary/aromatic N) is 4. The molecule has 3 aromatic rings. The number of anilines is 3. The van der Waals surface area contributed by atoms with Gasteiger partial charge in [0.25, 0.3) is 5.91 Å². The fourth-order valence-corrected chi connectivity index (χ4v) is 4.91. The van der Waals surface area contributed by atoms with Gasteiger partial charge >= 0.3 is 0 Å². The van der Waals surface area contributed by atoms with E-state index in [4.69, 9.17) is 15.2 Å². The molecule has 4 N–H and O–H groups in total. The lowest BCUT2D eigenvalue weighted by Crippen LogP contribution is -2.22. The van der Waals surface area contributed by atoms with E-state index in [1.807, 2.05) is 13.8 Å². The van der Waals surface area contributed by atoms with Crippen LogP contribution in [0.2, 0.25) is 25.7 Å². The van der Waals surface area contributed by atoms with Crippen LogP contribution in [-0.4, -0.2) is 61.1 Å². The van der Waals surface area contributed by atoms with Crippen molar-refractivity contribution in [3.8, 4) is 17.0 Å². The summed E-state index contributed by atoms with van der Waals surface area (Å²) in [6.45, 7) is 13.3. The van der Waals surface area contributed by atoms with E-state index in [-0.39, 0.29) is 29.7 Å². The van der Waals surface area contributed by atoms with Crippen molar-refractivity contribution in [2.45, 2.75) is 53.2 Å². The number of sulfonamides is 1. The maximum Gasteiger partial charge on any atom is 0.254 e. The van der Waals surface area contributed by atoms with Gasteiger partial charge < -0.3 is 20.5 Å². The van der Waals surface area contributed by atoms with Gasteiger partial charge in [-0.1, -0.05) is 39.6 Å². The number of benzene rings is 1. The van der Waals surface area contributed by atoms with Crippen LogP contribution in [0.4, 0.5) is 17.3 Å². The number of amides is 1. The molecule has 40 heavy (non-hydrogen) atoms. The van der Waals surface area contributed by atoms with Crippen LogP contribution in [0.1, 0.15) is 31.1 Å². The summed E-state index contributed by atoms with van der Waals surface area (Å²) in [7, 11) is -4.87. The molecular formula is C26H39N7O5SSi. The Morgan fingerprint density at radius 3 is 2.55 bits per heavy atom. The summed E-state index contributed by atoms with van der Waals surface area (Å²) in [6, 6.07) is 5.85. The summed E-state index contributed by atoms with van der Waals surface area (Å²) >= 11 is 0. The summed E-state index contributed by atoms with van der Waals surface area (Å²) in [6.07, 6.45) is 4.57. The lowest BCUT2D eigenvalue weighted by atomic mass is 10.1. The average Bonchev–Trinajstić information content (AvgIpc) is 3.24. The van der Waals surface area contributed by atoms with Crippen molar-refractivity contribution in [1.82, 2.24) is 19.7 Å². The molecule has 0 aliphatic rings. The second-order valence-corrected chi connectivity index (χ2v) is 18.6. The molecule has 0 radical (unpaired) electrons. The first-order valence-electron chi connectivity index (χ1n) is 13.1. The molecule has 0 aliphatic heterocycles. The maximum atomic E-state index is 12.8. The fourth-order valence-electron chi connectivity index (χ4n) is 3.50. The monoisotopic (exact) mass is 589 g/mol. The van der Waals surface area contributed by atoms with Crippen LogP contribution in [0.3, 0.4) is 0 Å². The first-order chi connectivity index (χ1) is 18.8. The molecule has 0 bridgehead atoms. The van der Waals surface area contributed by atoms with Crippen molar-refractivity contribution in [2.24, 2.45) is 11.7 Å². The lowest BCUT2D eigenvalue weighted by molar-refractivity contribution is 0.0802. The second-order valence-electron chi connectivity index (χ2n) is 10.9. The summed E-state index contributed by atoms with van der Waals surface area (Å²) < 4.78 is 40.6. The van der Waals surface area contributed by atoms with E-state index < -0.39 is 24.0 Å². The van der Waals surface area contributed by atoms with Gasteiger partial charge in [0.15, 0.2) is 0 Å². The predicted octanol–water partition coefficient (Wildman–Crippen LogP) is 4.29. The van der Waals surface area contributed by atoms with E-state index in [0.717, 1.165) is 6.04 Å². The number of nitrogens with two attached hydrogens (primary N) is 1. The Hall–Kier alpha value is -3.49. The fraction of sp³-hybridized carbons (Fsp3) is 0.462. The Kier molecular flexibility index (Phi) is 10.3. The van der Waals surface area contributed by atoms with E-state index in [1.54, 1.807) is 25.1 Å². The Balaban J connectivity index is 2.09. The highest BCUT2D eigenvalue weighted by Gasteiger charge is 2.25. The van der Waals surface area contributed by atoms with Crippen molar-refractivity contribution in [2.75, 3.05) is 29.0 Å². The van der Waals surface area contributed by atoms with Crippen LogP contribution >= 0.6 is 0 Å². The molecule has 3 rings (SSSR count). The number of ether oxygens (including phenoxy) is 2. The summed E-state index contributed by atoms with van der Waals surface area (Å²) in [5.41, 5.74) is 7.08. The van der Waals surface area contributed by atoms with Gasteiger partial charge in [-0.15, -0.1) is 0 Å². The number of carbonyl (C=O) groups is 1. The Bertz CT molecular complexity index is 1410. The first kappa shape index (κ1) is 31.0. The third-order valence-corrected chi connectivity index (χ3v) is 8.69. The lowest BCUT2D eigenvalue weighted by Gasteiger charge is -2.16. The largest absolute Gasteiger partial charge is 0.491 e. The number of carbonyl (C=O) groups excluding carboxylic acids is 1. The first-order valence-corrected chi connectivity index (χ1v) is 18.4. The standard InChI is InChI=1S/C26H39N7O5SSi/c1-7-39(35,36)32-20-9-8-19(14-21(20)38-16-18(2)3)24-23(25(27)34)26(30-22-15-28-10-11-29-22)33(31-24)17-37-12-13-40(4,5)6/h8-11,14-15,18,32H,7,12-13,16-17H2,1-6H3,(H2,27,34)(H,29,30). The summed E-state index contributed by atoms with van der Waals surface area (Å²) in [4.78, 5) is 21.1. The molecular weight excluding hydrogens is 550 g/mol. The van der Waals surface area contributed by atoms with E-state index >= 15 is 0 Å². The zero-order valence-electron chi connectivity index (χ0n) is 23.9. The van der Waals surface area contributed by atoms with Crippen molar-refractivity contribution in [3.63, 3.8) is 0 Å². The molecule has 218 valence electrons. The van der Waals surface area contributed by atoms with Gasteiger partial charge in [0.05, 0.1) is 24.2 Å². The molecule has 14 heteroatoms. The highest BCUT2D eigenvalue weighted by molar-refractivity contribution is 7.92. The highest BCUT2D eigenvalue weighted by atomic mass is 32.2. The van der Waals surface area contributed by atoms with Crippen molar-refractivity contribution < 1.29 is 22.7 Å². The van der Waals surface area contributed by atoms with E-state index in [9.17, 15) is 13.2 Å². The number of aromatic nitrogens is 4. The van der Waals surface area contributed by atoms with Gasteiger partial charge in [-0.05, 0) is 31.0 Å². The molecule has 0 aliphatic carbocycles. The highest BCUT2D eigenvalue weighted by Crippen LogP contribution is 2.36. The molecule has 0 fully saturated rings. The van der Waals surface area contributed by atoms with E-state index in [2.05, 4.69) is 44.7 Å². The average molecular weight is 590 g/mol. The smallest absolute Gasteiger partial charge is 0.254 e. The van der Waals surface area contributed by atoms with Crippen LogP contribution in [0.5, 0.6) is 5.75 Å². The van der Waals surface area contributed by atoms with E-state index in [1.165, 1.54) is 23.3 Å². The van der Waals surface area contributed by atoms with Gasteiger partial charge in [-0.2, -0.15) is 5.10 Å². The second kappa shape index (κ2) is 13.2. The third-order valence-electron chi connectivity index (χ3n) is 5.69. The molecule has 0 spiro atoms. The Morgan fingerprint density at radius 2 is 1.95 bits per heavy atom. The number of hydrogen-bond donors (Lipinski definition) is 3. The van der Waals surface area contributed by atoms with E-state index in [0.29, 0.717) is 41.8 Å². The SMILES string of the molecule is CCS(=O)(=O)Nc1ccc(-c2nn(COCC[Si](C)(C)C)c(Nc3cnccn3)c2C(N)=O)cc1OCC(C)C. The minimum absolute atomic E-state index is 0.0679. The van der Waals surface area contributed by atoms with Crippen molar-refractivity contribution in [1.29, 1.82) is 0 Å². The Morgan fingerprint density at radius 1 is 1.20 bits per heavy atom. The van der Waals surface area contributed by atoms with Crippen molar-refractivity contribution >= 4 is 41.3 Å². The van der Waals surface area contributed by atoms with Gasteiger partial charge in [0, 0.05) is 32.6 Å². The minimum Gasteiger partial charge on any atom is -0.491 e. The van der Waals surface area contributed by atoms with Crippen LogP contribution in [0.15, 0.2) is 36.8 Å². The topological polar surface area (TPSA) is 163 Å². The quantitative estimate of drug-likeness (QED) is 0.173. The number of hydrogen-bond acceptors (Lipinski definition) is 9. The molecule has 2 aromatic heterocycles. The van der Waals surface area contributed by atoms with Crippen LogP contribution in [0.25, 0.3) is 11.3 Å². The zero-order valence-corrected chi connectivity index (χ0v) is 25.7. The van der Waals surface area contributed by atoms with Gasteiger partial charge in [0.1, 0.15) is 35.4 Å². The van der Waals surface area contributed by atoms with Crippen LogP contribution in [-0.2, 0) is 21.5 Å². The molecule has 2 heterocycles. The molecule has 0 atom stereocenters. The van der Waals surface area contributed by atoms with Gasteiger partial charge in [-0.25, -0.2) is 18.1 Å². The van der Waals surface area contributed by atoms with Crippen LogP contribution < -0.4 is 20.5 Å². The summed E-state index contributed by atoms with van der Waals surface area (Å²) in [5, 5.41) is 7.79. The maximum absolute atomic E-state index is 12.8. The molecule has 1 amide bonds. The summed E-state index contributed by atoms with van der Waals surface area (Å²) in [5.74, 6) is 0.388. The normalized spacial score (nSPS) is 12.0. The molecule has 1 aromatic carbocycles. The number of primary amides is 1. The molecule has 0 unspecified atom stereocenters. The third kappa shape index (κ3) is 8.76.